The molecule has 46 heavy (non-hydrogen) atoms. The first-order valence-corrected chi connectivity index (χ1v) is 17.1. The number of nitrogens with zero attached hydrogens (tertiary/aromatic N) is 2. The summed E-state index contributed by atoms with van der Waals surface area (Å²) in [5.74, 6) is -0.195. The summed E-state index contributed by atoms with van der Waals surface area (Å²) in [5, 5.41) is 3.01. The van der Waals surface area contributed by atoms with Gasteiger partial charge in [0.15, 0.2) is 0 Å². The number of carbonyl (C=O) groups excluding carboxylic acids is 2. The van der Waals surface area contributed by atoms with Crippen LogP contribution in [0, 0.1) is 6.92 Å². The van der Waals surface area contributed by atoms with Crippen LogP contribution < -0.4 is 14.4 Å². The Hall–Kier alpha value is -4.63. The van der Waals surface area contributed by atoms with E-state index in [1.165, 1.54) is 17.0 Å². The average molecular weight is 642 g/mol. The van der Waals surface area contributed by atoms with Gasteiger partial charge in [-0.25, -0.2) is 8.42 Å². The quantitative estimate of drug-likeness (QED) is 0.148. The number of unbranched alkanes of at least 4 members (excludes halogenated alkanes) is 1. The molecule has 8 nitrogen and oxygen atoms in total. The van der Waals surface area contributed by atoms with Crippen molar-refractivity contribution in [3.63, 3.8) is 0 Å². The summed E-state index contributed by atoms with van der Waals surface area (Å²) in [4.78, 5) is 29.9. The highest BCUT2D eigenvalue weighted by Crippen LogP contribution is 2.27. The highest BCUT2D eigenvalue weighted by molar-refractivity contribution is 7.92. The van der Waals surface area contributed by atoms with E-state index in [1.54, 1.807) is 42.5 Å². The molecule has 0 spiro atoms. The minimum Gasteiger partial charge on any atom is -0.494 e. The fourth-order valence-electron chi connectivity index (χ4n) is 5.07. The van der Waals surface area contributed by atoms with E-state index in [1.807, 2.05) is 75.4 Å². The van der Waals surface area contributed by atoms with Crippen LogP contribution in [0.15, 0.2) is 114 Å². The third-order valence-electron chi connectivity index (χ3n) is 7.62. The highest BCUT2D eigenvalue weighted by Gasteiger charge is 2.34. The Morgan fingerprint density at radius 2 is 1.43 bits per heavy atom. The maximum atomic E-state index is 14.5. The lowest BCUT2D eigenvalue weighted by Gasteiger charge is -2.34. The second kappa shape index (κ2) is 16.6. The molecule has 0 aromatic heterocycles. The summed E-state index contributed by atoms with van der Waals surface area (Å²) in [6.07, 6.45) is 1.98. The van der Waals surface area contributed by atoms with Gasteiger partial charge in [-0.05, 0) is 67.8 Å². The smallest absolute Gasteiger partial charge is 0.264 e. The van der Waals surface area contributed by atoms with Crippen LogP contribution in [0.1, 0.15) is 43.4 Å². The van der Waals surface area contributed by atoms with Crippen molar-refractivity contribution in [2.45, 2.75) is 57.5 Å². The van der Waals surface area contributed by atoms with Crippen LogP contribution in [0.2, 0.25) is 0 Å². The number of sulfonamides is 1. The van der Waals surface area contributed by atoms with E-state index < -0.39 is 28.5 Å². The Morgan fingerprint density at radius 3 is 2.04 bits per heavy atom. The molecular formula is C37H43N3O5S. The van der Waals surface area contributed by atoms with Crippen molar-refractivity contribution in [1.29, 1.82) is 0 Å². The first kappa shape index (κ1) is 34.2. The van der Waals surface area contributed by atoms with Crippen molar-refractivity contribution in [2.24, 2.45) is 0 Å². The zero-order valence-electron chi connectivity index (χ0n) is 26.8. The second-order valence-corrected chi connectivity index (χ2v) is 13.0. The molecule has 1 N–H and O–H groups in total. The minimum atomic E-state index is -4.16. The summed E-state index contributed by atoms with van der Waals surface area (Å²) in [6, 6.07) is 31.1. The van der Waals surface area contributed by atoms with Crippen molar-refractivity contribution in [3.05, 3.63) is 126 Å². The standard InChI is InChI=1S/C37H43N3O5S/c1-4-6-25-38-37(42)35(26-30-13-9-7-10-14-30)39(27-31-19-17-29(3)18-20-31)36(41)28-40(32-21-23-33(24-22-32)45-5-2)46(43,44)34-15-11-8-12-16-34/h7-24,35H,4-6,25-28H2,1-3H3,(H,38,42)/t35-/m1/s1. The van der Waals surface area contributed by atoms with E-state index in [0.29, 0.717) is 24.6 Å². The molecule has 242 valence electrons. The van der Waals surface area contributed by atoms with Gasteiger partial charge in [-0.1, -0.05) is 91.7 Å². The molecule has 0 saturated carbocycles. The van der Waals surface area contributed by atoms with Crippen LogP contribution in [0.5, 0.6) is 5.75 Å². The first-order chi connectivity index (χ1) is 22.2. The van der Waals surface area contributed by atoms with Gasteiger partial charge < -0.3 is 15.0 Å². The Bertz CT molecular complexity index is 1650. The molecule has 2 amide bonds. The summed E-state index contributed by atoms with van der Waals surface area (Å²) in [6.45, 7) is 6.45. The molecule has 0 aliphatic carbocycles. The van der Waals surface area contributed by atoms with Crippen LogP contribution in [-0.2, 0) is 32.6 Å². The number of hydrogen-bond acceptors (Lipinski definition) is 5. The second-order valence-electron chi connectivity index (χ2n) is 11.1. The van der Waals surface area contributed by atoms with Crippen molar-refractivity contribution >= 4 is 27.5 Å². The van der Waals surface area contributed by atoms with Crippen molar-refractivity contribution in [3.8, 4) is 5.75 Å². The van der Waals surface area contributed by atoms with Crippen LogP contribution in [-0.4, -0.2) is 50.9 Å². The summed E-state index contributed by atoms with van der Waals surface area (Å²) in [7, 11) is -4.16. The van der Waals surface area contributed by atoms with Gasteiger partial charge in [0.25, 0.3) is 10.0 Å². The predicted molar refractivity (Wildman–Crippen MR) is 182 cm³/mol. The number of amides is 2. The molecule has 4 aromatic carbocycles. The van der Waals surface area contributed by atoms with Crippen LogP contribution >= 0.6 is 0 Å². The number of ether oxygens (including phenoxy) is 1. The van der Waals surface area contributed by atoms with E-state index >= 15 is 0 Å². The third-order valence-corrected chi connectivity index (χ3v) is 9.41. The van der Waals surface area contributed by atoms with E-state index in [9.17, 15) is 18.0 Å². The molecule has 0 aliphatic heterocycles. The third kappa shape index (κ3) is 9.20. The highest BCUT2D eigenvalue weighted by atomic mass is 32.2. The fraction of sp³-hybridized carbons (Fsp3) is 0.297. The monoisotopic (exact) mass is 641 g/mol. The maximum absolute atomic E-state index is 14.5. The number of anilines is 1. The van der Waals surface area contributed by atoms with Gasteiger partial charge >= 0.3 is 0 Å². The van der Waals surface area contributed by atoms with Gasteiger partial charge in [0, 0.05) is 19.5 Å². The molecule has 0 fully saturated rings. The SMILES string of the molecule is CCCCNC(=O)[C@@H](Cc1ccccc1)N(Cc1ccc(C)cc1)C(=O)CN(c1ccc(OCC)cc1)S(=O)(=O)c1ccccc1. The molecule has 0 heterocycles. The van der Waals surface area contributed by atoms with Crippen LogP contribution in [0.4, 0.5) is 5.69 Å². The van der Waals surface area contributed by atoms with Crippen LogP contribution in [0.25, 0.3) is 0 Å². The lowest BCUT2D eigenvalue weighted by molar-refractivity contribution is -0.140. The number of nitrogens with one attached hydrogen (secondary N) is 1. The van der Waals surface area contributed by atoms with Gasteiger partial charge in [0.05, 0.1) is 17.2 Å². The maximum Gasteiger partial charge on any atom is 0.264 e. The molecule has 0 aliphatic rings. The largest absolute Gasteiger partial charge is 0.494 e. The molecule has 0 saturated heterocycles. The number of aryl methyl sites for hydroxylation is 1. The number of rotatable bonds is 16. The Balaban J connectivity index is 1.77. The van der Waals surface area contributed by atoms with Crippen molar-refractivity contribution < 1.29 is 22.7 Å². The molecule has 0 unspecified atom stereocenters. The lowest BCUT2D eigenvalue weighted by Crippen LogP contribution is -2.53. The van der Waals surface area contributed by atoms with Gasteiger partial charge in [-0.2, -0.15) is 0 Å². The zero-order chi connectivity index (χ0) is 32.9. The Kier molecular flexibility index (Phi) is 12.4. The molecule has 4 aromatic rings. The van der Waals surface area contributed by atoms with Crippen molar-refractivity contribution in [1.82, 2.24) is 10.2 Å². The summed E-state index contributed by atoms with van der Waals surface area (Å²) in [5.41, 5.74) is 3.09. The summed E-state index contributed by atoms with van der Waals surface area (Å²) < 4.78 is 34.9. The van der Waals surface area contributed by atoms with Gasteiger partial charge in [0.1, 0.15) is 18.3 Å². The first-order valence-electron chi connectivity index (χ1n) is 15.7. The molecule has 9 heteroatoms. The molecule has 4 rings (SSSR count). The summed E-state index contributed by atoms with van der Waals surface area (Å²) >= 11 is 0. The predicted octanol–water partition coefficient (Wildman–Crippen LogP) is 6.15. The number of carbonyl (C=O) groups is 2. The molecular weight excluding hydrogens is 598 g/mol. The molecule has 1 atom stereocenters. The Labute approximate surface area is 273 Å². The molecule has 0 radical (unpaired) electrons. The van der Waals surface area contributed by atoms with E-state index in [2.05, 4.69) is 5.32 Å². The lowest BCUT2D eigenvalue weighted by atomic mass is 10.0. The topological polar surface area (TPSA) is 96.0 Å². The number of benzene rings is 4. The van der Waals surface area contributed by atoms with E-state index in [-0.39, 0.29) is 23.8 Å². The van der Waals surface area contributed by atoms with Gasteiger partial charge in [0.2, 0.25) is 11.8 Å². The number of hydrogen-bond donors (Lipinski definition) is 1. The minimum absolute atomic E-state index is 0.0555. The van der Waals surface area contributed by atoms with Crippen LogP contribution in [0.3, 0.4) is 0 Å². The normalized spacial score (nSPS) is 11.8. The van der Waals surface area contributed by atoms with E-state index in [0.717, 1.165) is 33.8 Å². The van der Waals surface area contributed by atoms with Gasteiger partial charge in [-0.15, -0.1) is 0 Å². The van der Waals surface area contributed by atoms with E-state index in [4.69, 9.17) is 4.74 Å². The van der Waals surface area contributed by atoms with Gasteiger partial charge in [-0.3, -0.25) is 13.9 Å². The van der Waals surface area contributed by atoms with Crippen molar-refractivity contribution in [2.75, 3.05) is 24.0 Å². The average Bonchev–Trinajstić information content (AvgIpc) is 3.07. The Morgan fingerprint density at radius 1 is 0.804 bits per heavy atom. The zero-order valence-corrected chi connectivity index (χ0v) is 27.6. The fourth-order valence-corrected chi connectivity index (χ4v) is 6.51. The molecule has 0 bridgehead atoms.